The summed E-state index contributed by atoms with van der Waals surface area (Å²) in [7, 11) is 0. The lowest BCUT2D eigenvalue weighted by Gasteiger charge is -2.12. The number of hydrogen-bond donors (Lipinski definition) is 2. The number of aromatic nitrogens is 3. The highest BCUT2D eigenvalue weighted by molar-refractivity contribution is 6.33. The van der Waals surface area contributed by atoms with Gasteiger partial charge in [0, 0.05) is 6.54 Å². The number of benzene rings is 1. The van der Waals surface area contributed by atoms with Crippen molar-refractivity contribution >= 4 is 29.1 Å². The highest BCUT2D eigenvalue weighted by Gasteiger charge is 2.08. The Morgan fingerprint density at radius 2 is 2.00 bits per heavy atom. The zero-order chi connectivity index (χ0) is 15.9. The predicted octanol–water partition coefficient (Wildman–Crippen LogP) is 4.49. The van der Waals surface area contributed by atoms with Crippen LogP contribution in [0.1, 0.15) is 37.3 Å². The second kappa shape index (κ2) is 7.94. The molecule has 0 aliphatic heterocycles. The van der Waals surface area contributed by atoms with Crippen LogP contribution in [0.2, 0.25) is 5.02 Å². The summed E-state index contributed by atoms with van der Waals surface area (Å²) in [4.78, 5) is 4.42. The molecule has 22 heavy (non-hydrogen) atoms. The van der Waals surface area contributed by atoms with Crippen LogP contribution < -0.4 is 10.6 Å². The average molecular weight is 320 g/mol. The van der Waals surface area contributed by atoms with Gasteiger partial charge in [-0.25, -0.2) is 0 Å². The molecular formula is C16H22ClN5. The normalized spacial score (nSPS) is 10.5. The summed E-state index contributed by atoms with van der Waals surface area (Å²) in [6.45, 7) is 7.08. The van der Waals surface area contributed by atoms with E-state index < -0.39 is 0 Å². The topological polar surface area (TPSA) is 62.7 Å². The van der Waals surface area contributed by atoms with Crippen molar-refractivity contribution in [2.75, 3.05) is 17.2 Å². The van der Waals surface area contributed by atoms with Crippen molar-refractivity contribution in [2.45, 2.75) is 40.0 Å². The fourth-order valence-corrected chi connectivity index (χ4v) is 2.59. The minimum absolute atomic E-state index is 0.439. The molecular weight excluding hydrogens is 298 g/mol. The lowest BCUT2D eigenvalue weighted by molar-refractivity contribution is 0.741. The molecule has 0 atom stereocenters. The van der Waals surface area contributed by atoms with E-state index in [9.17, 15) is 0 Å². The molecule has 0 radical (unpaired) electrons. The van der Waals surface area contributed by atoms with E-state index in [1.165, 1.54) is 12.8 Å². The molecule has 2 aromatic rings. The zero-order valence-electron chi connectivity index (χ0n) is 13.3. The quantitative estimate of drug-likeness (QED) is 0.736. The van der Waals surface area contributed by atoms with E-state index in [2.05, 4.69) is 38.8 Å². The molecule has 0 bridgehead atoms. The summed E-state index contributed by atoms with van der Waals surface area (Å²) in [5.41, 5.74) is 2.99. The van der Waals surface area contributed by atoms with Crippen LogP contribution in [0.15, 0.2) is 18.3 Å². The summed E-state index contributed by atoms with van der Waals surface area (Å²) in [6.07, 6.45) is 5.14. The van der Waals surface area contributed by atoms with Crippen LogP contribution >= 0.6 is 11.6 Å². The van der Waals surface area contributed by atoms with Crippen LogP contribution in [-0.4, -0.2) is 21.7 Å². The minimum atomic E-state index is 0.439. The first-order valence-corrected chi connectivity index (χ1v) is 7.95. The summed E-state index contributed by atoms with van der Waals surface area (Å²) in [5.74, 6) is 1.16. The number of hydrogen-bond acceptors (Lipinski definition) is 5. The Kier molecular flexibility index (Phi) is 5.95. The highest BCUT2D eigenvalue weighted by Crippen LogP contribution is 2.29. The van der Waals surface area contributed by atoms with Gasteiger partial charge in [-0.2, -0.15) is 10.1 Å². The smallest absolute Gasteiger partial charge is 0.249 e. The zero-order valence-corrected chi connectivity index (χ0v) is 14.0. The van der Waals surface area contributed by atoms with Gasteiger partial charge in [0.2, 0.25) is 5.95 Å². The Bertz CT molecular complexity index is 607. The Hall–Kier alpha value is -1.88. The Morgan fingerprint density at radius 1 is 1.18 bits per heavy atom. The van der Waals surface area contributed by atoms with E-state index >= 15 is 0 Å². The molecule has 0 aliphatic rings. The van der Waals surface area contributed by atoms with Gasteiger partial charge in [-0.05, 0) is 37.5 Å². The van der Waals surface area contributed by atoms with Crippen LogP contribution in [0.5, 0.6) is 0 Å². The fraction of sp³-hybridized carbons (Fsp3) is 0.438. The Balaban J connectivity index is 2.07. The van der Waals surface area contributed by atoms with Crippen molar-refractivity contribution < 1.29 is 0 Å². The van der Waals surface area contributed by atoms with Gasteiger partial charge in [0.05, 0.1) is 16.9 Å². The molecule has 0 saturated carbocycles. The van der Waals surface area contributed by atoms with Crippen molar-refractivity contribution in [3.63, 3.8) is 0 Å². The van der Waals surface area contributed by atoms with Crippen LogP contribution in [0.25, 0.3) is 0 Å². The first-order chi connectivity index (χ1) is 10.6. The monoisotopic (exact) mass is 319 g/mol. The van der Waals surface area contributed by atoms with Crippen LogP contribution in [0.3, 0.4) is 0 Å². The summed E-state index contributed by atoms with van der Waals surface area (Å²) in [5, 5.41) is 15.1. The summed E-state index contributed by atoms with van der Waals surface area (Å²) >= 11 is 6.29. The van der Waals surface area contributed by atoms with Gasteiger partial charge in [0.15, 0.2) is 5.82 Å². The number of halogens is 1. The lowest BCUT2D eigenvalue weighted by atomic mass is 10.1. The van der Waals surface area contributed by atoms with Crippen LogP contribution in [0.4, 0.5) is 17.5 Å². The second-order valence-electron chi connectivity index (χ2n) is 5.36. The fourth-order valence-electron chi connectivity index (χ4n) is 2.22. The maximum atomic E-state index is 6.29. The van der Waals surface area contributed by atoms with Crippen molar-refractivity contribution in [3.8, 4) is 0 Å². The van der Waals surface area contributed by atoms with Gasteiger partial charge >= 0.3 is 0 Å². The molecule has 1 heterocycles. The molecule has 0 unspecified atom stereocenters. The lowest BCUT2D eigenvalue weighted by Crippen LogP contribution is -2.07. The van der Waals surface area contributed by atoms with Gasteiger partial charge < -0.3 is 10.6 Å². The summed E-state index contributed by atoms with van der Waals surface area (Å²) in [6, 6.07) is 3.98. The standard InChI is InChI=1S/C16H22ClN5/c1-4-5-6-7-18-14-10-19-22-16(20-14)21-15-12(3)8-11(2)9-13(15)17/h8-10H,4-7H2,1-3H3,(H2,18,20,21,22). The summed E-state index contributed by atoms with van der Waals surface area (Å²) < 4.78 is 0. The number of aryl methyl sites for hydroxylation is 2. The third-order valence-corrected chi connectivity index (χ3v) is 3.61. The maximum absolute atomic E-state index is 6.29. The SMILES string of the molecule is CCCCCNc1cnnc(Nc2c(C)cc(C)cc2Cl)n1. The molecule has 6 heteroatoms. The number of unbranched alkanes of at least 4 members (excludes halogenated alkanes) is 2. The maximum Gasteiger partial charge on any atom is 0.249 e. The van der Waals surface area contributed by atoms with E-state index in [1.807, 2.05) is 19.9 Å². The molecule has 0 aliphatic carbocycles. The van der Waals surface area contributed by atoms with E-state index in [0.29, 0.717) is 11.0 Å². The van der Waals surface area contributed by atoms with Gasteiger partial charge in [-0.1, -0.05) is 37.4 Å². The molecule has 0 saturated heterocycles. The van der Waals surface area contributed by atoms with E-state index in [1.54, 1.807) is 6.20 Å². The Labute approximate surface area is 136 Å². The van der Waals surface area contributed by atoms with Gasteiger partial charge in [0.25, 0.3) is 0 Å². The molecule has 5 nitrogen and oxygen atoms in total. The van der Waals surface area contributed by atoms with E-state index in [0.717, 1.165) is 35.6 Å². The molecule has 0 fully saturated rings. The van der Waals surface area contributed by atoms with Crippen LogP contribution in [0, 0.1) is 13.8 Å². The molecule has 118 valence electrons. The second-order valence-corrected chi connectivity index (χ2v) is 5.77. The minimum Gasteiger partial charge on any atom is -0.369 e. The van der Waals surface area contributed by atoms with Gasteiger partial charge in [0.1, 0.15) is 0 Å². The third kappa shape index (κ3) is 4.56. The number of nitrogens with zero attached hydrogens (tertiary/aromatic N) is 3. The van der Waals surface area contributed by atoms with Crippen molar-refractivity contribution in [1.29, 1.82) is 0 Å². The van der Waals surface area contributed by atoms with Crippen LogP contribution in [-0.2, 0) is 0 Å². The van der Waals surface area contributed by atoms with Crippen molar-refractivity contribution in [2.24, 2.45) is 0 Å². The average Bonchev–Trinajstić information content (AvgIpc) is 2.48. The number of rotatable bonds is 7. The van der Waals surface area contributed by atoms with Gasteiger partial charge in [-0.3, -0.25) is 0 Å². The molecule has 0 spiro atoms. The molecule has 1 aromatic heterocycles. The van der Waals surface area contributed by atoms with Crippen molar-refractivity contribution in [3.05, 3.63) is 34.5 Å². The first-order valence-electron chi connectivity index (χ1n) is 7.57. The predicted molar refractivity (Wildman–Crippen MR) is 92.1 cm³/mol. The molecule has 2 rings (SSSR count). The van der Waals surface area contributed by atoms with Crippen molar-refractivity contribution in [1.82, 2.24) is 15.2 Å². The largest absolute Gasteiger partial charge is 0.369 e. The molecule has 0 amide bonds. The highest BCUT2D eigenvalue weighted by atomic mass is 35.5. The number of anilines is 3. The van der Waals surface area contributed by atoms with E-state index in [4.69, 9.17) is 11.6 Å². The Morgan fingerprint density at radius 3 is 2.73 bits per heavy atom. The van der Waals surface area contributed by atoms with E-state index in [-0.39, 0.29) is 0 Å². The molecule has 2 N–H and O–H groups in total. The third-order valence-electron chi connectivity index (χ3n) is 3.31. The first kappa shape index (κ1) is 16.5. The number of nitrogens with one attached hydrogen (secondary N) is 2. The van der Waals surface area contributed by atoms with Gasteiger partial charge in [-0.15, -0.1) is 5.10 Å². The molecule has 1 aromatic carbocycles.